The molecule has 7 heteroatoms. The lowest BCUT2D eigenvalue weighted by atomic mass is 10.3. The third-order valence-electron chi connectivity index (χ3n) is 2.50. The van der Waals surface area contributed by atoms with Crippen LogP contribution in [0.3, 0.4) is 0 Å². The number of thiazole rings is 1. The lowest BCUT2D eigenvalue weighted by Crippen LogP contribution is -1.97. The van der Waals surface area contributed by atoms with Gasteiger partial charge in [0.1, 0.15) is 22.3 Å². The first-order chi connectivity index (χ1) is 9.13. The van der Waals surface area contributed by atoms with Crippen molar-refractivity contribution in [1.82, 2.24) is 15.0 Å². The van der Waals surface area contributed by atoms with Gasteiger partial charge in [0.15, 0.2) is 10.4 Å². The van der Waals surface area contributed by atoms with Crippen molar-refractivity contribution < 1.29 is 4.42 Å². The van der Waals surface area contributed by atoms with Gasteiger partial charge in [-0.05, 0) is 35.0 Å². The second kappa shape index (κ2) is 4.75. The van der Waals surface area contributed by atoms with Crippen molar-refractivity contribution in [2.24, 2.45) is 0 Å². The molecule has 3 aromatic rings. The molecule has 19 heavy (non-hydrogen) atoms. The number of nitrogens with zero attached hydrogens (tertiary/aromatic N) is 3. The Kier molecular flexibility index (Phi) is 3.08. The molecule has 2 N–H and O–H groups in total. The summed E-state index contributed by atoms with van der Waals surface area (Å²) in [5.41, 5.74) is 7.40. The van der Waals surface area contributed by atoms with E-state index in [0.29, 0.717) is 22.1 Å². The van der Waals surface area contributed by atoms with Crippen LogP contribution in [-0.2, 0) is 0 Å². The van der Waals surface area contributed by atoms with Crippen LogP contribution in [-0.4, -0.2) is 15.0 Å². The average Bonchev–Trinajstić information content (AvgIpc) is 2.97. The Morgan fingerprint density at radius 1 is 1.32 bits per heavy atom. The van der Waals surface area contributed by atoms with Crippen molar-refractivity contribution in [1.29, 1.82) is 0 Å². The minimum absolute atomic E-state index is 0.439. The van der Waals surface area contributed by atoms with Gasteiger partial charge in [0.05, 0.1) is 5.56 Å². The van der Waals surface area contributed by atoms with Crippen molar-refractivity contribution >= 4 is 33.1 Å². The lowest BCUT2D eigenvalue weighted by molar-refractivity contribution is 0.554. The first-order valence-electron chi connectivity index (χ1n) is 5.44. The van der Waals surface area contributed by atoms with Gasteiger partial charge in [-0.2, -0.15) is 0 Å². The fourth-order valence-electron chi connectivity index (χ4n) is 1.61. The average molecular weight is 337 g/mol. The van der Waals surface area contributed by atoms with E-state index in [0.717, 1.165) is 16.3 Å². The zero-order chi connectivity index (χ0) is 13.4. The number of aromatic nitrogens is 3. The fourth-order valence-corrected chi connectivity index (χ4v) is 2.75. The fraction of sp³-hybridized carbons (Fsp3) is 0.0833. The molecule has 0 aromatic carbocycles. The van der Waals surface area contributed by atoms with Gasteiger partial charge in [0, 0.05) is 11.6 Å². The quantitative estimate of drug-likeness (QED) is 0.774. The zero-order valence-corrected chi connectivity index (χ0v) is 12.3. The summed E-state index contributed by atoms with van der Waals surface area (Å²) in [5.74, 6) is 1.79. The number of furan rings is 1. The molecule has 96 valence electrons. The third-order valence-corrected chi connectivity index (χ3v) is 3.80. The van der Waals surface area contributed by atoms with Gasteiger partial charge in [0.25, 0.3) is 0 Å². The minimum atomic E-state index is 0.439. The number of hydrogen-bond acceptors (Lipinski definition) is 6. The normalized spacial score (nSPS) is 10.8. The van der Waals surface area contributed by atoms with Gasteiger partial charge in [-0.1, -0.05) is 0 Å². The van der Waals surface area contributed by atoms with Crippen molar-refractivity contribution in [3.8, 4) is 22.0 Å². The Labute approximate surface area is 121 Å². The summed E-state index contributed by atoms with van der Waals surface area (Å²) < 4.78 is 6.14. The van der Waals surface area contributed by atoms with Crippen LogP contribution >= 0.6 is 27.3 Å². The van der Waals surface area contributed by atoms with Crippen LogP contribution in [0.25, 0.3) is 22.0 Å². The van der Waals surface area contributed by atoms with E-state index in [9.17, 15) is 0 Å². The molecule has 3 rings (SSSR count). The van der Waals surface area contributed by atoms with Crippen LogP contribution < -0.4 is 5.73 Å². The molecular weight excluding hydrogens is 328 g/mol. The van der Waals surface area contributed by atoms with Gasteiger partial charge in [0.2, 0.25) is 0 Å². The molecule has 3 heterocycles. The van der Waals surface area contributed by atoms with Crippen molar-refractivity contribution in [2.45, 2.75) is 6.92 Å². The van der Waals surface area contributed by atoms with Gasteiger partial charge >= 0.3 is 0 Å². The number of anilines is 1. The van der Waals surface area contributed by atoms with Gasteiger partial charge in [-0.3, -0.25) is 0 Å². The molecule has 0 aliphatic carbocycles. The van der Waals surface area contributed by atoms with E-state index in [2.05, 4.69) is 30.9 Å². The predicted molar refractivity (Wildman–Crippen MR) is 77.7 cm³/mol. The first-order valence-corrected chi connectivity index (χ1v) is 7.11. The number of nitrogens with two attached hydrogens (primary N) is 1. The van der Waals surface area contributed by atoms with Crippen molar-refractivity contribution in [2.75, 3.05) is 5.73 Å². The standard InChI is InChI=1S/C12H9BrN4OS/c1-6-15-4-7(11(14)16-6)12-17-8(5-19-12)9-2-3-10(13)18-9/h2-5H,1H3,(H2,14,15,16). The SMILES string of the molecule is Cc1ncc(-c2nc(-c3ccc(Br)o3)cs2)c(N)n1. The Morgan fingerprint density at radius 3 is 2.84 bits per heavy atom. The molecule has 0 bridgehead atoms. The summed E-state index contributed by atoms with van der Waals surface area (Å²) in [4.78, 5) is 12.8. The molecule has 3 aromatic heterocycles. The monoisotopic (exact) mass is 336 g/mol. The molecule has 0 saturated carbocycles. The summed E-state index contributed by atoms with van der Waals surface area (Å²) in [6.07, 6.45) is 1.69. The molecule has 0 unspecified atom stereocenters. The maximum absolute atomic E-state index is 5.89. The topological polar surface area (TPSA) is 77.8 Å². The van der Waals surface area contributed by atoms with Crippen LogP contribution in [0.4, 0.5) is 5.82 Å². The highest BCUT2D eigenvalue weighted by atomic mass is 79.9. The lowest BCUT2D eigenvalue weighted by Gasteiger charge is -2.00. The first kappa shape index (κ1) is 12.3. The van der Waals surface area contributed by atoms with Gasteiger partial charge in [-0.15, -0.1) is 11.3 Å². The number of halogens is 1. The van der Waals surface area contributed by atoms with Crippen molar-refractivity contribution in [3.63, 3.8) is 0 Å². The van der Waals surface area contributed by atoms with Crippen LogP contribution in [0.15, 0.2) is 32.8 Å². The molecule has 0 aliphatic rings. The van der Waals surface area contributed by atoms with Gasteiger partial charge in [-0.25, -0.2) is 15.0 Å². The third kappa shape index (κ3) is 2.39. The Balaban J connectivity index is 2.01. The Hall–Kier alpha value is -1.73. The van der Waals surface area contributed by atoms with E-state index in [1.54, 1.807) is 13.1 Å². The molecule has 0 spiro atoms. The smallest absolute Gasteiger partial charge is 0.169 e. The molecule has 0 atom stereocenters. The maximum atomic E-state index is 5.89. The minimum Gasteiger partial charge on any atom is -0.448 e. The van der Waals surface area contributed by atoms with Crippen molar-refractivity contribution in [3.05, 3.63) is 34.2 Å². The second-order valence-corrected chi connectivity index (χ2v) is 5.50. The second-order valence-electron chi connectivity index (χ2n) is 3.86. The van der Waals surface area contributed by atoms with E-state index < -0.39 is 0 Å². The van der Waals surface area contributed by atoms with E-state index in [1.165, 1.54) is 11.3 Å². The van der Waals surface area contributed by atoms with E-state index in [-0.39, 0.29) is 0 Å². The Morgan fingerprint density at radius 2 is 2.16 bits per heavy atom. The van der Waals surface area contributed by atoms with E-state index in [4.69, 9.17) is 10.2 Å². The van der Waals surface area contributed by atoms with Crippen LogP contribution in [0.5, 0.6) is 0 Å². The summed E-state index contributed by atoms with van der Waals surface area (Å²) in [6.45, 7) is 1.80. The summed E-state index contributed by atoms with van der Waals surface area (Å²) in [6, 6.07) is 3.69. The van der Waals surface area contributed by atoms with E-state index >= 15 is 0 Å². The molecule has 0 saturated heterocycles. The summed E-state index contributed by atoms with van der Waals surface area (Å²) in [5, 5.41) is 2.69. The number of aryl methyl sites for hydroxylation is 1. The maximum Gasteiger partial charge on any atom is 0.169 e. The summed E-state index contributed by atoms with van der Waals surface area (Å²) >= 11 is 4.75. The van der Waals surface area contributed by atoms with E-state index in [1.807, 2.05) is 17.5 Å². The summed E-state index contributed by atoms with van der Waals surface area (Å²) in [7, 11) is 0. The highest BCUT2D eigenvalue weighted by Crippen LogP contribution is 2.32. The number of hydrogen-bond donors (Lipinski definition) is 1. The van der Waals surface area contributed by atoms with Crippen LogP contribution in [0, 0.1) is 6.92 Å². The molecule has 0 amide bonds. The number of rotatable bonds is 2. The molecule has 5 nitrogen and oxygen atoms in total. The predicted octanol–water partition coefficient (Wildman–Crippen LogP) is 3.51. The molecular formula is C12H9BrN4OS. The number of nitrogen functional groups attached to an aromatic ring is 1. The zero-order valence-electron chi connectivity index (χ0n) is 9.92. The molecule has 0 fully saturated rings. The largest absolute Gasteiger partial charge is 0.448 e. The highest BCUT2D eigenvalue weighted by Gasteiger charge is 2.12. The van der Waals surface area contributed by atoms with Crippen LogP contribution in [0.2, 0.25) is 0 Å². The van der Waals surface area contributed by atoms with Gasteiger partial charge < -0.3 is 10.2 Å². The van der Waals surface area contributed by atoms with Crippen LogP contribution in [0.1, 0.15) is 5.82 Å². The molecule has 0 aliphatic heterocycles. The molecule has 0 radical (unpaired) electrons. The Bertz CT molecular complexity index is 737. The highest BCUT2D eigenvalue weighted by molar-refractivity contribution is 9.10.